The highest BCUT2D eigenvalue weighted by Gasteiger charge is 2.28. The summed E-state index contributed by atoms with van der Waals surface area (Å²) in [7, 11) is 1.70. The maximum atomic E-state index is 12.5. The number of nitrogens with zero attached hydrogens (tertiary/aromatic N) is 5. The van der Waals surface area contributed by atoms with Gasteiger partial charge in [0.2, 0.25) is 0 Å². The molecule has 0 N–H and O–H groups in total. The Bertz CT molecular complexity index is 843. The average molecular weight is 369 g/mol. The molecule has 2 saturated heterocycles. The zero-order chi connectivity index (χ0) is 18.8. The van der Waals surface area contributed by atoms with E-state index in [0.717, 1.165) is 69.8 Å². The second-order valence-electron chi connectivity index (χ2n) is 7.60. The minimum absolute atomic E-state index is 0.113. The molecule has 2 aromatic rings. The van der Waals surface area contributed by atoms with Gasteiger partial charge in [0, 0.05) is 39.6 Å². The first kappa shape index (κ1) is 17.8. The van der Waals surface area contributed by atoms with Crippen molar-refractivity contribution in [3.8, 4) is 5.69 Å². The smallest absolute Gasteiger partial charge is 0.325 e. The number of aromatic nitrogens is 3. The van der Waals surface area contributed by atoms with Crippen molar-refractivity contribution in [2.75, 3.05) is 26.2 Å². The maximum Gasteiger partial charge on any atom is 0.350 e. The molecule has 0 radical (unpaired) electrons. The molecular formula is C20H27N5O2. The molecule has 0 unspecified atom stereocenters. The number of carbonyl (C=O) groups is 1. The van der Waals surface area contributed by atoms with Gasteiger partial charge in [0.1, 0.15) is 5.82 Å². The Balaban J connectivity index is 1.43. The normalized spacial score (nSPS) is 18.3. The van der Waals surface area contributed by atoms with E-state index in [1.807, 2.05) is 40.1 Å². The molecule has 27 heavy (non-hydrogen) atoms. The zero-order valence-electron chi connectivity index (χ0n) is 15.9. The van der Waals surface area contributed by atoms with E-state index in [0.29, 0.717) is 5.92 Å². The molecule has 7 nitrogen and oxygen atoms in total. The second kappa shape index (κ2) is 7.58. The Morgan fingerprint density at radius 2 is 1.67 bits per heavy atom. The lowest BCUT2D eigenvalue weighted by Crippen LogP contribution is -2.45. The van der Waals surface area contributed by atoms with Crippen LogP contribution in [-0.4, -0.2) is 56.4 Å². The first-order valence-corrected chi connectivity index (χ1v) is 9.87. The highest BCUT2D eigenvalue weighted by atomic mass is 16.2. The first-order chi connectivity index (χ1) is 13.1. The van der Waals surface area contributed by atoms with Gasteiger partial charge in [-0.1, -0.05) is 18.2 Å². The first-order valence-electron chi connectivity index (χ1n) is 9.87. The molecule has 2 fully saturated rings. The van der Waals surface area contributed by atoms with Crippen LogP contribution in [0.25, 0.3) is 5.69 Å². The van der Waals surface area contributed by atoms with Crippen molar-refractivity contribution in [2.24, 2.45) is 13.0 Å². The van der Waals surface area contributed by atoms with Crippen LogP contribution in [0, 0.1) is 5.92 Å². The van der Waals surface area contributed by atoms with Crippen LogP contribution in [0.15, 0.2) is 35.1 Å². The van der Waals surface area contributed by atoms with E-state index in [9.17, 15) is 9.59 Å². The van der Waals surface area contributed by atoms with Gasteiger partial charge in [-0.3, -0.25) is 0 Å². The highest BCUT2D eigenvalue weighted by molar-refractivity contribution is 5.74. The minimum atomic E-state index is -0.113. The van der Waals surface area contributed by atoms with Crippen molar-refractivity contribution >= 4 is 6.03 Å². The number of benzene rings is 1. The van der Waals surface area contributed by atoms with Crippen molar-refractivity contribution in [1.82, 2.24) is 24.1 Å². The van der Waals surface area contributed by atoms with E-state index in [2.05, 4.69) is 5.10 Å². The lowest BCUT2D eigenvalue weighted by Gasteiger charge is -2.34. The summed E-state index contributed by atoms with van der Waals surface area (Å²) in [5, 5.41) is 4.48. The number of hydrogen-bond acceptors (Lipinski definition) is 3. The van der Waals surface area contributed by atoms with Crippen LogP contribution in [0.3, 0.4) is 0 Å². The highest BCUT2D eigenvalue weighted by Crippen LogP contribution is 2.23. The van der Waals surface area contributed by atoms with Crippen LogP contribution in [0.4, 0.5) is 4.79 Å². The van der Waals surface area contributed by atoms with Crippen LogP contribution < -0.4 is 5.69 Å². The van der Waals surface area contributed by atoms with Gasteiger partial charge < -0.3 is 9.80 Å². The van der Waals surface area contributed by atoms with Gasteiger partial charge in [0.25, 0.3) is 0 Å². The lowest BCUT2D eigenvalue weighted by atomic mass is 9.93. The lowest BCUT2D eigenvalue weighted by molar-refractivity contribution is 0.140. The van der Waals surface area contributed by atoms with Gasteiger partial charge in [-0.2, -0.15) is 5.10 Å². The summed E-state index contributed by atoms with van der Waals surface area (Å²) in [6, 6.07) is 9.87. The van der Waals surface area contributed by atoms with Gasteiger partial charge in [0.15, 0.2) is 0 Å². The average Bonchev–Trinajstić information content (AvgIpc) is 3.32. The summed E-state index contributed by atoms with van der Waals surface area (Å²) in [4.78, 5) is 29.0. The zero-order valence-corrected chi connectivity index (χ0v) is 15.9. The van der Waals surface area contributed by atoms with Crippen molar-refractivity contribution in [3.63, 3.8) is 0 Å². The Labute approximate surface area is 159 Å². The third-order valence-corrected chi connectivity index (χ3v) is 5.74. The van der Waals surface area contributed by atoms with Crippen molar-refractivity contribution in [2.45, 2.75) is 32.1 Å². The molecule has 3 heterocycles. The van der Waals surface area contributed by atoms with Gasteiger partial charge in [-0.15, -0.1) is 0 Å². The van der Waals surface area contributed by atoms with Crippen molar-refractivity contribution < 1.29 is 4.79 Å². The summed E-state index contributed by atoms with van der Waals surface area (Å²) < 4.78 is 3.12. The molecule has 1 aromatic heterocycles. The fraction of sp³-hybridized carbons (Fsp3) is 0.550. The molecule has 144 valence electrons. The largest absolute Gasteiger partial charge is 0.350 e. The van der Waals surface area contributed by atoms with E-state index in [1.54, 1.807) is 11.6 Å². The number of carbonyl (C=O) groups excluding carboxylic acids is 1. The number of piperidine rings is 1. The molecule has 2 aliphatic rings. The number of hydrogen-bond donors (Lipinski definition) is 0. The summed E-state index contributed by atoms with van der Waals surface area (Å²) in [5.41, 5.74) is 0.741. The van der Waals surface area contributed by atoms with Gasteiger partial charge >= 0.3 is 11.7 Å². The molecule has 2 amide bonds. The summed E-state index contributed by atoms with van der Waals surface area (Å²) in [6.07, 6.45) is 4.92. The summed E-state index contributed by atoms with van der Waals surface area (Å²) in [6.45, 7) is 3.39. The maximum absolute atomic E-state index is 12.5. The quantitative estimate of drug-likeness (QED) is 0.832. The summed E-state index contributed by atoms with van der Waals surface area (Å²) >= 11 is 0. The Morgan fingerprint density at radius 3 is 2.33 bits per heavy atom. The van der Waals surface area contributed by atoms with Gasteiger partial charge in [0.05, 0.1) is 5.69 Å². The van der Waals surface area contributed by atoms with Crippen LogP contribution in [0.5, 0.6) is 0 Å². The van der Waals surface area contributed by atoms with E-state index in [-0.39, 0.29) is 11.7 Å². The van der Waals surface area contributed by atoms with E-state index in [1.165, 1.54) is 4.68 Å². The summed E-state index contributed by atoms with van der Waals surface area (Å²) in [5.74, 6) is 1.25. The molecule has 0 saturated carbocycles. The van der Waals surface area contributed by atoms with Gasteiger partial charge in [-0.05, 0) is 43.7 Å². The fourth-order valence-corrected chi connectivity index (χ4v) is 4.18. The fourth-order valence-electron chi connectivity index (χ4n) is 4.18. The van der Waals surface area contributed by atoms with Crippen LogP contribution in [0.2, 0.25) is 0 Å². The third kappa shape index (κ3) is 3.63. The molecule has 0 atom stereocenters. The Kier molecular flexibility index (Phi) is 5.01. The van der Waals surface area contributed by atoms with E-state index in [4.69, 9.17) is 0 Å². The number of para-hydroxylation sites is 1. The molecular weight excluding hydrogens is 342 g/mol. The molecule has 0 aliphatic carbocycles. The van der Waals surface area contributed by atoms with Crippen LogP contribution in [-0.2, 0) is 13.5 Å². The number of aryl methyl sites for hydroxylation is 1. The Morgan fingerprint density at radius 1 is 1.04 bits per heavy atom. The van der Waals surface area contributed by atoms with Crippen molar-refractivity contribution in [3.05, 3.63) is 46.6 Å². The minimum Gasteiger partial charge on any atom is -0.325 e. The third-order valence-electron chi connectivity index (χ3n) is 5.74. The van der Waals surface area contributed by atoms with Crippen LogP contribution in [0.1, 0.15) is 31.5 Å². The number of amides is 2. The molecule has 7 heteroatoms. The second-order valence-corrected chi connectivity index (χ2v) is 7.60. The van der Waals surface area contributed by atoms with E-state index < -0.39 is 0 Å². The van der Waals surface area contributed by atoms with Gasteiger partial charge in [-0.25, -0.2) is 18.8 Å². The number of likely N-dealkylation sites (tertiary alicyclic amines) is 2. The predicted octanol–water partition coefficient (Wildman–Crippen LogP) is 2.04. The van der Waals surface area contributed by atoms with Crippen molar-refractivity contribution in [1.29, 1.82) is 0 Å². The number of urea groups is 1. The molecule has 2 aliphatic heterocycles. The monoisotopic (exact) mass is 369 g/mol. The number of rotatable bonds is 3. The Hall–Kier alpha value is -2.57. The molecule has 0 bridgehead atoms. The molecule has 4 rings (SSSR count). The standard InChI is InChI=1S/C20H27N5O2/c1-22-19(26)25(17-7-3-2-4-8-17)18(21-22)15-16-9-13-24(14-10-16)20(27)23-11-5-6-12-23/h2-4,7-8,16H,5-6,9-15H2,1H3. The SMILES string of the molecule is Cn1nc(CC2CCN(C(=O)N3CCCC3)CC2)n(-c2ccccc2)c1=O. The molecule has 1 aromatic carbocycles. The predicted molar refractivity (Wildman–Crippen MR) is 103 cm³/mol. The molecule has 0 spiro atoms. The topological polar surface area (TPSA) is 63.4 Å². The van der Waals surface area contributed by atoms with E-state index >= 15 is 0 Å². The van der Waals surface area contributed by atoms with Crippen LogP contribution >= 0.6 is 0 Å².